The van der Waals surface area contributed by atoms with Crippen molar-refractivity contribution < 1.29 is 0 Å². The van der Waals surface area contributed by atoms with E-state index in [0.29, 0.717) is 6.04 Å². The molecular weight excluding hydrogens is 480 g/mol. The molecule has 1 aliphatic carbocycles. The first-order valence-corrected chi connectivity index (χ1v) is 12.6. The van der Waals surface area contributed by atoms with Crippen LogP contribution in [0.3, 0.4) is 0 Å². The zero-order valence-electron chi connectivity index (χ0n) is 18.8. The zero-order valence-corrected chi connectivity index (χ0v) is 21.2. The highest BCUT2D eigenvalue weighted by Crippen LogP contribution is 2.45. The molecule has 1 aromatic carbocycles. The van der Waals surface area contributed by atoms with E-state index in [-0.39, 0.29) is 12.1 Å². The Hall–Kier alpha value is -2.18. The molecule has 5 rings (SSSR count). The summed E-state index contributed by atoms with van der Waals surface area (Å²) in [5.41, 5.74) is 7.35. The van der Waals surface area contributed by atoms with E-state index in [1.165, 1.54) is 48.2 Å². The second kappa shape index (κ2) is 8.64. The first kappa shape index (κ1) is 21.7. The molecule has 3 aromatic rings. The quantitative estimate of drug-likeness (QED) is 0.390. The Bertz CT molecular complexity index is 1150. The van der Waals surface area contributed by atoms with Crippen molar-refractivity contribution in [1.29, 1.82) is 0 Å². The number of nitrogens with one attached hydrogen (secondary N) is 1. The van der Waals surface area contributed by atoms with E-state index < -0.39 is 0 Å². The average molecular weight is 510 g/mol. The fourth-order valence-corrected chi connectivity index (χ4v) is 6.15. The van der Waals surface area contributed by atoms with Gasteiger partial charge in [-0.2, -0.15) is 0 Å². The summed E-state index contributed by atoms with van der Waals surface area (Å²) in [5, 5.41) is 4.35. The van der Waals surface area contributed by atoms with Crippen LogP contribution in [0, 0.1) is 20.8 Å². The van der Waals surface area contributed by atoms with Crippen molar-refractivity contribution in [2.24, 2.45) is 0 Å². The molecule has 0 amide bonds. The summed E-state index contributed by atoms with van der Waals surface area (Å²) in [5.74, 6) is 0. The van der Waals surface area contributed by atoms with Crippen molar-refractivity contribution in [3.05, 3.63) is 81.3 Å². The summed E-state index contributed by atoms with van der Waals surface area (Å²) in [6, 6.07) is 15.6. The molecule has 1 saturated heterocycles. The molecule has 32 heavy (non-hydrogen) atoms. The van der Waals surface area contributed by atoms with Gasteiger partial charge in [0.05, 0.1) is 17.8 Å². The van der Waals surface area contributed by atoms with Crippen LogP contribution in [-0.2, 0) is 0 Å². The highest BCUT2D eigenvalue weighted by Gasteiger charge is 2.42. The van der Waals surface area contributed by atoms with Crippen LogP contribution in [0.4, 0.5) is 5.69 Å². The van der Waals surface area contributed by atoms with Crippen LogP contribution in [0.15, 0.2) is 53.1 Å². The molecule has 0 spiro atoms. The van der Waals surface area contributed by atoms with E-state index in [0.717, 1.165) is 21.0 Å². The molecule has 1 aliphatic heterocycles. The van der Waals surface area contributed by atoms with E-state index >= 15 is 0 Å². The minimum absolute atomic E-state index is 0.00909. The van der Waals surface area contributed by atoms with Gasteiger partial charge in [0.2, 0.25) is 0 Å². The van der Waals surface area contributed by atoms with Crippen molar-refractivity contribution in [3.63, 3.8) is 0 Å². The minimum atomic E-state index is -0.00909. The van der Waals surface area contributed by atoms with E-state index in [1.807, 2.05) is 12.3 Å². The second-order valence-electron chi connectivity index (χ2n) is 9.06. The number of hydrogen-bond donors (Lipinski definition) is 1. The Balaban J connectivity index is 1.65. The molecule has 6 heteroatoms. The van der Waals surface area contributed by atoms with Crippen LogP contribution in [0.5, 0.6) is 0 Å². The maximum Gasteiger partial charge on any atom is 0.174 e. The number of halogens is 1. The largest absolute Gasteiger partial charge is 0.351 e. The van der Waals surface area contributed by atoms with Crippen LogP contribution in [0.25, 0.3) is 0 Å². The van der Waals surface area contributed by atoms with Gasteiger partial charge >= 0.3 is 0 Å². The number of hydrogen-bond acceptors (Lipinski definition) is 2. The van der Waals surface area contributed by atoms with Gasteiger partial charge in [0.1, 0.15) is 0 Å². The molecule has 2 aromatic heterocycles. The van der Waals surface area contributed by atoms with Crippen molar-refractivity contribution >= 4 is 38.9 Å². The van der Waals surface area contributed by atoms with Crippen LogP contribution in [0.1, 0.15) is 72.0 Å². The third kappa shape index (κ3) is 3.67. The molecule has 2 atom stereocenters. The fraction of sp³-hybridized carbons (Fsp3) is 0.385. The lowest BCUT2D eigenvalue weighted by Gasteiger charge is -2.29. The lowest BCUT2D eigenvalue weighted by molar-refractivity contribution is 0.494. The van der Waals surface area contributed by atoms with Crippen LogP contribution < -0.4 is 10.2 Å². The van der Waals surface area contributed by atoms with Gasteiger partial charge in [0, 0.05) is 33.8 Å². The monoisotopic (exact) mass is 508 g/mol. The Morgan fingerprint density at radius 3 is 2.53 bits per heavy atom. The number of nitrogens with zero attached hydrogens (tertiary/aromatic N) is 3. The molecule has 0 bridgehead atoms. The van der Waals surface area contributed by atoms with Gasteiger partial charge in [-0.1, -0.05) is 34.8 Å². The van der Waals surface area contributed by atoms with E-state index in [1.54, 1.807) is 0 Å². The Morgan fingerprint density at radius 2 is 1.84 bits per heavy atom. The molecular formula is C26H29BrN4S. The van der Waals surface area contributed by atoms with Gasteiger partial charge in [0.15, 0.2) is 5.11 Å². The molecule has 2 aliphatic rings. The highest BCUT2D eigenvalue weighted by atomic mass is 79.9. The third-order valence-electron chi connectivity index (χ3n) is 7.05. The van der Waals surface area contributed by atoms with Gasteiger partial charge in [-0.25, -0.2) is 0 Å². The van der Waals surface area contributed by atoms with Crippen molar-refractivity contribution in [2.75, 3.05) is 4.90 Å². The van der Waals surface area contributed by atoms with Gasteiger partial charge < -0.3 is 14.8 Å². The summed E-state index contributed by atoms with van der Waals surface area (Å²) in [7, 11) is 0. The molecule has 4 nitrogen and oxygen atoms in total. The molecule has 0 radical (unpaired) electrons. The van der Waals surface area contributed by atoms with Crippen molar-refractivity contribution in [1.82, 2.24) is 14.9 Å². The first-order chi connectivity index (χ1) is 15.5. The minimum Gasteiger partial charge on any atom is -0.351 e. The van der Waals surface area contributed by atoms with E-state index in [9.17, 15) is 0 Å². The van der Waals surface area contributed by atoms with Crippen LogP contribution >= 0.6 is 28.1 Å². The van der Waals surface area contributed by atoms with Gasteiger partial charge in [0.25, 0.3) is 0 Å². The third-order valence-corrected chi connectivity index (χ3v) is 8.25. The predicted molar refractivity (Wildman–Crippen MR) is 138 cm³/mol. The van der Waals surface area contributed by atoms with E-state index in [2.05, 4.69) is 87.9 Å². The van der Waals surface area contributed by atoms with Crippen molar-refractivity contribution in [3.8, 4) is 0 Å². The first-order valence-electron chi connectivity index (χ1n) is 11.4. The average Bonchev–Trinajstić information content (AvgIpc) is 3.49. The molecule has 1 saturated carbocycles. The maximum atomic E-state index is 5.91. The Labute approximate surface area is 204 Å². The summed E-state index contributed by atoms with van der Waals surface area (Å²) in [6.07, 6.45) is 7.07. The molecule has 2 fully saturated rings. The van der Waals surface area contributed by atoms with Crippen molar-refractivity contribution in [2.45, 2.75) is 64.6 Å². The maximum absolute atomic E-state index is 5.91. The second-order valence-corrected chi connectivity index (χ2v) is 10.3. The number of aromatic nitrogens is 2. The summed E-state index contributed by atoms with van der Waals surface area (Å²) in [4.78, 5) is 6.99. The summed E-state index contributed by atoms with van der Waals surface area (Å²) >= 11 is 9.55. The molecule has 3 heterocycles. The highest BCUT2D eigenvalue weighted by molar-refractivity contribution is 9.10. The van der Waals surface area contributed by atoms with E-state index in [4.69, 9.17) is 17.2 Å². The number of anilines is 1. The number of benzene rings is 1. The van der Waals surface area contributed by atoms with Gasteiger partial charge in [-0.3, -0.25) is 4.98 Å². The fourth-order valence-electron chi connectivity index (χ4n) is 5.55. The normalized spacial score (nSPS) is 21.4. The smallest absolute Gasteiger partial charge is 0.174 e. The number of rotatable bonds is 4. The van der Waals surface area contributed by atoms with Crippen LogP contribution in [-0.4, -0.2) is 14.7 Å². The lowest BCUT2D eigenvalue weighted by Crippen LogP contribution is -2.29. The number of aryl methyl sites for hydroxylation is 2. The van der Waals surface area contributed by atoms with Gasteiger partial charge in [-0.05, 0) is 93.4 Å². The Kier molecular flexibility index (Phi) is 5.84. The predicted octanol–water partition coefficient (Wildman–Crippen LogP) is 6.86. The standard InChI is InChI=1S/C26H29BrN4S/c1-16-14-20(11-12-22(16)27)31-25(24(29-26(31)32)23-10-6-7-13-28-23)21-15-17(2)30(18(21)3)19-8-4-5-9-19/h6-7,10-15,19,24-25H,4-5,8-9H2,1-3H3,(H,29,32)/t24-,25+/m0/s1. The Morgan fingerprint density at radius 1 is 1.06 bits per heavy atom. The number of thiocarbonyl (C=S) groups is 1. The summed E-state index contributed by atoms with van der Waals surface area (Å²) < 4.78 is 3.68. The molecule has 166 valence electrons. The number of pyridine rings is 1. The lowest BCUT2D eigenvalue weighted by atomic mass is 9.96. The molecule has 0 unspecified atom stereocenters. The molecule has 1 N–H and O–H groups in total. The summed E-state index contributed by atoms with van der Waals surface area (Å²) in [6.45, 7) is 6.65. The zero-order chi connectivity index (χ0) is 22.4. The topological polar surface area (TPSA) is 33.1 Å². The SMILES string of the molecule is Cc1cc(N2C(=S)N[C@@H](c3ccccn3)[C@H]2c2cc(C)n(C3CCCC3)c2C)ccc1Br. The van der Waals surface area contributed by atoms with Crippen LogP contribution in [0.2, 0.25) is 0 Å². The van der Waals surface area contributed by atoms with Gasteiger partial charge in [-0.15, -0.1) is 0 Å².